The maximum Gasteiger partial charge on any atom is 0.315 e. The molecule has 0 aliphatic carbocycles. The molecule has 1 aromatic carbocycles. The Balaban J connectivity index is 1.90. The number of nitrogens with two attached hydrogens (primary N) is 1. The van der Waals surface area contributed by atoms with Gasteiger partial charge < -0.3 is 5.73 Å². The van der Waals surface area contributed by atoms with Gasteiger partial charge in [-0.1, -0.05) is 37.8 Å². The third-order valence-electron chi connectivity index (χ3n) is 3.86. The third kappa shape index (κ3) is 5.06. The van der Waals surface area contributed by atoms with Crippen molar-refractivity contribution in [3.63, 3.8) is 0 Å². The average Bonchev–Trinajstić information content (AvgIpc) is 3.04. The second-order valence-electron chi connectivity index (χ2n) is 7.41. The molecule has 3 aromatic rings. The zero-order valence-corrected chi connectivity index (χ0v) is 17.4. The molecule has 0 fully saturated rings. The summed E-state index contributed by atoms with van der Waals surface area (Å²) in [6.07, 6.45) is 1.62. The fourth-order valence-electron chi connectivity index (χ4n) is 2.53. The molecule has 0 atom stereocenters. The number of halogens is 1. The minimum absolute atomic E-state index is 0.0124. The number of fused-ring (bicyclic) bond motifs is 1. The van der Waals surface area contributed by atoms with E-state index in [2.05, 4.69) is 32.1 Å². The van der Waals surface area contributed by atoms with Crippen LogP contribution in [0, 0.1) is 17.3 Å². The van der Waals surface area contributed by atoms with Gasteiger partial charge in [-0.05, 0) is 24.1 Å². The van der Waals surface area contributed by atoms with Gasteiger partial charge in [0.1, 0.15) is 19.6 Å². The van der Waals surface area contributed by atoms with Crippen molar-refractivity contribution in [2.24, 2.45) is 10.8 Å². The van der Waals surface area contributed by atoms with E-state index in [9.17, 15) is 9.18 Å². The summed E-state index contributed by atoms with van der Waals surface area (Å²) in [6.45, 7) is 6.28. The van der Waals surface area contributed by atoms with Gasteiger partial charge in [-0.25, -0.2) is 19.5 Å². The zero-order chi connectivity index (χ0) is 21.0. The Labute approximate surface area is 168 Å². The molecule has 0 radical (unpaired) electrons. The van der Waals surface area contributed by atoms with Crippen LogP contribution < -0.4 is 11.2 Å². The second kappa shape index (κ2) is 8.24. The molecule has 7 nitrogen and oxygen atoms in total. The number of aromatic nitrogens is 3. The zero-order valence-electron chi connectivity index (χ0n) is 16.4. The van der Waals surface area contributed by atoms with Crippen molar-refractivity contribution in [2.75, 3.05) is 0 Å². The molecule has 0 aliphatic heterocycles. The number of rotatable bonds is 4. The molecule has 3 rings (SSSR count). The van der Waals surface area contributed by atoms with Crippen LogP contribution in [0.3, 0.4) is 0 Å². The molecule has 0 saturated heterocycles. The van der Waals surface area contributed by atoms with Crippen LogP contribution in [0.15, 0.2) is 47.7 Å². The highest BCUT2D eigenvalue weighted by Crippen LogP contribution is 2.18. The van der Waals surface area contributed by atoms with Crippen LogP contribution in [0.25, 0.3) is 11.0 Å². The lowest BCUT2D eigenvalue weighted by atomic mass is 10.2. The molecule has 2 aromatic heterocycles. The molecular weight excluding hydrogens is 387 g/mol. The highest BCUT2D eigenvalue weighted by atomic mass is 28.3. The van der Waals surface area contributed by atoms with Crippen LogP contribution in [-0.4, -0.2) is 34.6 Å². The largest absolute Gasteiger partial charge is 0.380 e. The number of carbonyl (C=O) groups excluding carboxylic acids is 1. The van der Waals surface area contributed by atoms with Crippen LogP contribution >= 0.6 is 0 Å². The van der Waals surface area contributed by atoms with Gasteiger partial charge in [-0.15, -0.1) is 5.54 Å². The quantitative estimate of drug-likeness (QED) is 0.227. The Morgan fingerprint density at radius 1 is 1.28 bits per heavy atom. The lowest BCUT2D eigenvalue weighted by Gasteiger charge is -2.04. The SMILES string of the molecule is C[Si](C)(C)C#CC(=O)N/N=C(\N)c1nn(Cc2ccccc2F)c2ncccc12. The minimum atomic E-state index is -1.67. The molecule has 3 N–H and O–H groups in total. The molecule has 1 amide bonds. The molecule has 2 heterocycles. The van der Waals surface area contributed by atoms with Crippen LogP contribution in [0.4, 0.5) is 4.39 Å². The summed E-state index contributed by atoms with van der Waals surface area (Å²) in [7, 11) is -1.67. The smallest absolute Gasteiger partial charge is 0.315 e. The summed E-state index contributed by atoms with van der Waals surface area (Å²) < 4.78 is 15.6. The van der Waals surface area contributed by atoms with Gasteiger partial charge in [0.05, 0.1) is 11.9 Å². The number of amides is 1. The Bertz CT molecular complexity index is 1150. The fourth-order valence-corrected chi connectivity index (χ4v) is 3.02. The summed E-state index contributed by atoms with van der Waals surface area (Å²) >= 11 is 0. The molecule has 0 bridgehead atoms. The second-order valence-corrected chi connectivity index (χ2v) is 12.2. The van der Waals surface area contributed by atoms with E-state index in [4.69, 9.17) is 5.73 Å². The number of pyridine rings is 1. The van der Waals surface area contributed by atoms with Crippen LogP contribution in [0.1, 0.15) is 11.3 Å². The number of hydrogen-bond acceptors (Lipinski definition) is 4. The van der Waals surface area contributed by atoms with E-state index in [1.54, 1.807) is 41.2 Å². The number of benzene rings is 1. The first-order valence-electron chi connectivity index (χ1n) is 8.96. The lowest BCUT2D eigenvalue weighted by molar-refractivity contribution is -0.115. The molecule has 0 unspecified atom stereocenters. The van der Waals surface area contributed by atoms with E-state index in [0.717, 1.165) is 0 Å². The van der Waals surface area contributed by atoms with Crippen molar-refractivity contribution in [3.8, 4) is 11.5 Å². The Kier molecular flexibility index (Phi) is 5.75. The summed E-state index contributed by atoms with van der Waals surface area (Å²) in [4.78, 5) is 16.2. The predicted molar refractivity (Wildman–Crippen MR) is 113 cm³/mol. The highest BCUT2D eigenvalue weighted by Gasteiger charge is 2.16. The minimum Gasteiger partial charge on any atom is -0.380 e. The van der Waals surface area contributed by atoms with E-state index in [-0.39, 0.29) is 18.2 Å². The summed E-state index contributed by atoms with van der Waals surface area (Å²) in [5.74, 6) is 1.67. The first-order chi connectivity index (χ1) is 13.7. The maximum absolute atomic E-state index is 14.0. The normalized spacial score (nSPS) is 11.8. The van der Waals surface area contributed by atoms with E-state index < -0.39 is 14.0 Å². The maximum atomic E-state index is 14.0. The van der Waals surface area contributed by atoms with Gasteiger partial charge in [0.25, 0.3) is 0 Å². The first-order valence-corrected chi connectivity index (χ1v) is 12.5. The number of nitrogens with one attached hydrogen (secondary N) is 1. The monoisotopic (exact) mass is 408 g/mol. The van der Waals surface area contributed by atoms with Crippen molar-refractivity contribution in [1.82, 2.24) is 20.2 Å². The standard InChI is InChI=1S/C20H21FN6OSi/c1-29(2,3)12-10-17(28)24-25-19(22)18-15-8-6-11-23-20(15)27(26-18)13-14-7-4-5-9-16(14)21/h4-9,11H,13H2,1-3H3,(H2,22,25)(H,24,28). The molecule has 0 aliphatic rings. The molecule has 0 spiro atoms. The topological polar surface area (TPSA) is 98.2 Å². The number of carbonyl (C=O) groups is 1. The Morgan fingerprint density at radius 2 is 2.03 bits per heavy atom. The van der Waals surface area contributed by atoms with E-state index in [0.29, 0.717) is 22.3 Å². The van der Waals surface area contributed by atoms with Gasteiger partial charge in [-0.2, -0.15) is 10.2 Å². The van der Waals surface area contributed by atoms with E-state index in [1.165, 1.54) is 6.07 Å². The van der Waals surface area contributed by atoms with E-state index in [1.807, 2.05) is 19.6 Å². The summed E-state index contributed by atoms with van der Waals surface area (Å²) in [5, 5.41) is 9.00. The third-order valence-corrected chi connectivity index (χ3v) is 4.73. The van der Waals surface area contributed by atoms with Gasteiger partial charge >= 0.3 is 5.91 Å². The fraction of sp³-hybridized carbons (Fsp3) is 0.200. The summed E-state index contributed by atoms with van der Waals surface area (Å²) in [5.41, 5.74) is 12.7. The molecule has 29 heavy (non-hydrogen) atoms. The van der Waals surface area contributed by atoms with Crippen LogP contribution in [0.2, 0.25) is 19.6 Å². The lowest BCUT2D eigenvalue weighted by Crippen LogP contribution is -2.24. The summed E-state index contributed by atoms with van der Waals surface area (Å²) in [6, 6.07) is 9.99. The van der Waals surface area contributed by atoms with E-state index >= 15 is 0 Å². The predicted octanol–water partition coefficient (Wildman–Crippen LogP) is 2.24. The number of hydrazone groups is 1. The van der Waals surface area contributed by atoms with Crippen LogP contribution in [-0.2, 0) is 11.3 Å². The van der Waals surface area contributed by atoms with Crippen molar-refractivity contribution in [3.05, 3.63) is 59.7 Å². The molecule has 148 valence electrons. The Hall–Kier alpha value is -3.51. The van der Waals surface area contributed by atoms with Gasteiger partial charge in [-0.3, -0.25) is 4.79 Å². The average molecular weight is 409 g/mol. The van der Waals surface area contributed by atoms with Crippen molar-refractivity contribution in [2.45, 2.75) is 26.2 Å². The Morgan fingerprint density at radius 3 is 2.76 bits per heavy atom. The number of amidine groups is 1. The van der Waals surface area contributed by atoms with Crippen LogP contribution in [0.5, 0.6) is 0 Å². The molecule has 0 saturated carbocycles. The van der Waals surface area contributed by atoms with Crippen molar-refractivity contribution >= 4 is 30.9 Å². The van der Waals surface area contributed by atoms with Gasteiger partial charge in [0.15, 0.2) is 11.5 Å². The number of hydrogen-bond donors (Lipinski definition) is 2. The van der Waals surface area contributed by atoms with Crippen molar-refractivity contribution in [1.29, 1.82) is 0 Å². The molecular formula is C20H21FN6OSi. The first kappa shape index (κ1) is 20.2. The number of nitrogens with zero attached hydrogens (tertiary/aromatic N) is 4. The van der Waals surface area contributed by atoms with Gasteiger partial charge in [0.2, 0.25) is 0 Å². The highest BCUT2D eigenvalue weighted by molar-refractivity contribution is 6.84. The molecule has 9 heteroatoms. The van der Waals surface area contributed by atoms with Gasteiger partial charge in [0, 0.05) is 11.8 Å². The van der Waals surface area contributed by atoms with Crippen molar-refractivity contribution < 1.29 is 9.18 Å².